The largest absolute Gasteiger partial charge is 0.756 e. The molecule has 0 amide bonds. The highest BCUT2D eigenvalue weighted by molar-refractivity contribution is 7.46. The Balaban J connectivity index is -0.000000116. The van der Waals surface area contributed by atoms with Crippen LogP contribution < -0.4 is 31.9 Å². The molecule has 0 aliphatic rings. The Morgan fingerprint density at radius 3 is 0.778 bits per heavy atom. The first-order chi connectivity index (χ1) is 21.4. The van der Waals surface area contributed by atoms with Crippen molar-refractivity contribution in [3.05, 3.63) is 0 Å². The van der Waals surface area contributed by atoms with Crippen molar-refractivity contribution < 1.29 is 65.7 Å². The molecule has 0 aliphatic carbocycles. The number of aliphatic hydroxyl groups is 2. The number of rotatable bonds is 24. The van der Waals surface area contributed by atoms with Crippen molar-refractivity contribution in [3.8, 4) is 0 Å². The maximum atomic E-state index is 10.7. The Labute approximate surface area is 272 Å². The van der Waals surface area contributed by atoms with E-state index in [9.17, 15) is 28.4 Å². The summed E-state index contributed by atoms with van der Waals surface area (Å²) < 4.78 is 57.8. The first-order valence-corrected chi connectivity index (χ1v) is 19.3. The van der Waals surface area contributed by atoms with E-state index in [1.54, 1.807) is 0 Å². The maximum absolute atomic E-state index is 10.7. The molecule has 3 atom stereocenters. The molecule has 0 aromatic carbocycles. The summed E-state index contributed by atoms with van der Waals surface area (Å²) in [4.78, 5) is 32.0. The average molecular weight is 725 g/mol. The summed E-state index contributed by atoms with van der Waals surface area (Å²) in [6, 6.07) is 0. The Bertz CT molecular complexity index is 586. The average Bonchev–Trinajstić information content (AvgIpc) is 3.05. The lowest BCUT2D eigenvalue weighted by Gasteiger charge is -2.19. The summed E-state index contributed by atoms with van der Waals surface area (Å²) in [6.45, 7) is 6.62. The maximum Gasteiger partial charge on any atom is 0.267 e. The summed E-state index contributed by atoms with van der Waals surface area (Å²) in [5.41, 5.74) is 15.9. The monoisotopic (exact) mass is 724 g/mol. The zero-order chi connectivity index (χ0) is 36.5. The summed E-state index contributed by atoms with van der Waals surface area (Å²) in [7, 11) is -6.75. The second kappa shape index (κ2) is 46.2. The topological polar surface area (TPSA) is 294 Å². The SMILES string of the molecule is CC.CO.CO.COP(=O)([O-])OCCCCCCN.COP(=O)([O-])OCCCCCCN.COP(=O)([O-])OCCCCCCN. The fraction of sp³-hybridized carbons (Fsp3) is 1.00. The van der Waals surface area contributed by atoms with Gasteiger partial charge >= 0.3 is 0 Å². The molecule has 0 aromatic rings. The number of phosphoric acid groups is 3. The first-order valence-electron chi connectivity index (χ1n) is 14.9. The number of unbranched alkanes of at least 4 members (excludes halogenated alkanes) is 9. The molecular weight excluding hydrogens is 659 g/mol. The van der Waals surface area contributed by atoms with Crippen LogP contribution in [0.3, 0.4) is 0 Å². The van der Waals surface area contributed by atoms with Crippen LogP contribution in [-0.2, 0) is 40.8 Å². The van der Waals surface area contributed by atoms with E-state index in [4.69, 9.17) is 27.4 Å². The minimum atomic E-state index is -4.00. The van der Waals surface area contributed by atoms with Crippen molar-refractivity contribution in [3.63, 3.8) is 0 Å². The molecule has 0 saturated heterocycles. The zero-order valence-electron chi connectivity index (χ0n) is 28.6. The predicted octanol–water partition coefficient (Wildman–Crippen LogP) is 2.15. The molecule has 0 radical (unpaired) electrons. The van der Waals surface area contributed by atoms with Crippen molar-refractivity contribution in [2.75, 3.05) is 75.0 Å². The van der Waals surface area contributed by atoms with Crippen LogP contribution in [-0.4, -0.2) is 85.2 Å². The molecule has 0 fully saturated rings. The molecule has 20 heteroatoms. The Kier molecular flexibility index (Phi) is 59.0. The van der Waals surface area contributed by atoms with E-state index >= 15 is 0 Å². The zero-order valence-corrected chi connectivity index (χ0v) is 31.3. The molecule has 17 nitrogen and oxygen atoms in total. The number of nitrogens with two attached hydrogens (primary N) is 3. The summed E-state index contributed by atoms with van der Waals surface area (Å²) in [6.07, 6.45) is 10.9. The van der Waals surface area contributed by atoms with Gasteiger partial charge in [0.05, 0.1) is 19.8 Å². The second-order valence-electron chi connectivity index (χ2n) is 8.00. The third-order valence-electron chi connectivity index (χ3n) is 4.71. The van der Waals surface area contributed by atoms with E-state index in [1.807, 2.05) is 13.8 Å². The van der Waals surface area contributed by atoms with Crippen LogP contribution in [0.15, 0.2) is 0 Å². The lowest BCUT2D eigenvalue weighted by Crippen LogP contribution is -2.07. The molecule has 282 valence electrons. The van der Waals surface area contributed by atoms with Crippen LogP contribution in [0.2, 0.25) is 0 Å². The highest BCUT2D eigenvalue weighted by atomic mass is 31.2. The molecule has 0 rings (SSSR count). The van der Waals surface area contributed by atoms with Crippen LogP contribution in [0.25, 0.3) is 0 Å². The lowest BCUT2D eigenvalue weighted by molar-refractivity contribution is -0.224. The van der Waals surface area contributed by atoms with Crippen molar-refractivity contribution in [2.45, 2.75) is 90.9 Å². The fourth-order valence-electron chi connectivity index (χ4n) is 2.49. The van der Waals surface area contributed by atoms with Crippen LogP contribution in [0.5, 0.6) is 0 Å². The van der Waals surface area contributed by atoms with Gasteiger partial charge in [-0.25, -0.2) is 0 Å². The molecule has 3 unspecified atom stereocenters. The van der Waals surface area contributed by atoms with Gasteiger partial charge in [0.1, 0.15) is 0 Å². The highest BCUT2D eigenvalue weighted by Gasteiger charge is 2.06. The second-order valence-corrected chi connectivity index (χ2v) is 12.6. The first kappa shape index (κ1) is 57.4. The minimum absolute atomic E-state index is 0.194. The highest BCUT2D eigenvalue weighted by Crippen LogP contribution is 2.38. The molecule has 45 heavy (non-hydrogen) atoms. The molecule has 8 N–H and O–H groups in total. The van der Waals surface area contributed by atoms with Crippen LogP contribution in [0.4, 0.5) is 0 Å². The van der Waals surface area contributed by atoms with Gasteiger partial charge in [0.2, 0.25) is 0 Å². The summed E-state index contributed by atoms with van der Waals surface area (Å²) >= 11 is 0. The lowest BCUT2D eigenvalue weighted by atomic mass is 10.2. The van der Waals surface area contributed by atoms with Crippen molar-refractivity contribution >= 4 is 23.5 Å². The Morgan fingerprint density at radius 1 is 0.444 bits per heavy atom. The fourth-order valence-corrected chi connectivity index (χ4v) is 3.86. The van der Waals surface area contributed by atoms with Gasteiger partial charge in [0.15, 0.2) is 0 Å². The van der Waals surface area contributed by atoms with E-state index in [-0.39, 0.29) is 19.8 Å². The van der Waals surface area contributed by atoms with Gasteiger partial charge in [-0.05, 0) is 58.2 Å². The van der Waals surface area contributed by atoms with E-state index in [0.29, 0.717) is 19.6 Å². The summed E-state index contributed by atoms with van der Waals surface area (Å²) in [5, 5.41) is 14.0. The molecule has 0 spiro atoms. The Hall–Kier alpha value is 0.130. The number of hydrogen-bond acceptors (Lipinski definition) is 17. The van der Waals surface area contributed by atoms with Gasteiger partial charge in [-0.1, -0.05) is 52.4 Å². The number of hydrogen-bond donors (Lipinski definition) is 5. The van der Waals surface area contributed by atoms with Crippen molar-refractivity contribution in [1.29, 1.82) is 0 Å². The standard InChI is InChI=1S/3C7H18NO4P.C2H6.2CH4O/c3*1-11-13(9,10)12-7-5-3-2-4-6-8;3*1-2/h3*2-8H2,1H3,(H,9,10);1-2H3;2*2H,1H3/p-3. The van der Waals surface area contributed by atoms with E-state index in [0.717, 1.165) is 113 Å². The quantitative estimate of drug-likeness (QED) is 0.0703. The van der Waals surface area contributed by atoms with E-state index in [1.165, 1.54) is 0 Å². The molecule has 0 aliphatic heterocycles. The van der Waals surface area contributed by atoms with Gasteiger partial charge in [-0.3, -0.25) is 13.7 Å². The molecule has 0 saturated carbocycles. The smallest absolute Gasteiger partial charge is 0.267 e. The third-order valence-corrected chi connectivity index (χ3v) is 7.55. The van der Waals surface area contributed by atoms with Crippen LogP contribution in [0.1, 0.15) is 90.9 Å². The van der Waals surface area contributed by atoms with Gasteiger partial charge in [-0.2, -0.15) is 0 Å². The Morgan fingerprint density at radius 2 is 0.622 bits per heavy atom. The van der Waals surface area contributed by atoms with Gasteiger partial charge in [0.25, 0.3) is 23.5 Å². The molecule has 0 heterocycles. The van der Waals surface area contributed by atoms with Gasteiger partial charge in [-0.15, -0.1) is 0 Å². The van der Waals surface area contributed by atoms with Gasteiger partial charge < -0.3 is 69.2 Å². The molecule has 0 bridgehead atoms. The van der Waals surface area contributed by atoms with E-state index in [2.05, 4.69) is 27.1 Å². The van der Waals surface area contributed by atoms with Crippen LogP contribution in [0, 0.1) is 0 Å². The van der Waals surface area contributed by atoms with Crippen molar-refractivity contribution in [1.82, 2.24) is 0 Å². The molecular formula is C25H65N3O14P3-3. The third kappa shape index (κ3) is 60.0. The van der Waals surface area contributed by atoms with Crippen molar-refractivity contribution in [2.24, 2.45) is 17.2 Å². The summed E-state index contributed by atoms with van der Waals surface area (Å²) in [5.74, 6) is 0. The minimum Gasteiger partial charge on any atom is -0.756 e. The molecule has 0 aromatic heterocycles. The number of phosphoric ester groups is 3. The van der Waals surface area contributed by atoms with Gasteiger partial charge in [0, 0.05) is 35.5 Å². The predicted molar refractivity (Wildman–Crippen MR) is 172 cm³/mol. The van der Waals surface area contributed by atoms with E-state index < -0.39 is 23.5 Å². The van der Waals surface area contributed by atoms with Crippen LogP contribution >= 0.6 is 23.5 Å². The number of aliphatic hydroxyl groups excluding tert-OH is 2. The normalized spacial score (nSPS) is 13.9.